The molecule has 0 saturated heterocycles. The Morgan fingerprint density at radius 3 is 2.83 bits per heavy atom. The lowest BCUT2D eigenvalue weighted by Gasteiger charge is -2.10. The van der Waals surface area contributed by atoms with Gasteiger partial charge in [0.25, 0.3) is 0 Å². The molecule has 0 saturated carbocycles. The second-order valence-corrected chi connectivity index (χ2v) is 4.15. The van der Waals surface area contributed by atoms with Gasteiger partial charge in [0, 0.05) is 19.0 Å². The molecule has 4 nitrogen and oxygen atoms in total. The molecule has 1 unspecified atom stereocenters. The molecule has 1 aromatic carbocycles. The molecular weight excluding hydrogens is 235 g/mol. The summed E-state index contributed by atoms with van der Waals surface area (Å²) in [6.45, 7) is 2.56. The summed E-state index contributed by atoms with van der Waals surface area (Å²) in [5.74, 6) is -0.444. The van der Waals surface area contributed by atoms with Crippen molar-refractivity contribution in [2.45, 2.75) is 13.3 Å². The Bertz CT molecular complexity index is 410. The third-order valence-corrected chi connectivity index (χ3v) is 2.73. The number of halogens is 1. The molecular formula is C13H19FN2O2. The summed E-state index contributed by atoms with van der Waals surface area (Å²) < 4.78 is 18.2. The first-order chi connectivity index (χ1) is 8.58. The Morgan fingerprint density at radius 1 is 1.56 bits per heavy atom. The molecule has 100 valence electrons. The van der Waals surface area contributed by atoms with Gasteiger partial charge in [0.1, 0.15) is 0 Å². The number of nitrogens with one attached hydrogen (secondary N) is 1. The smallest absolute Gasteiger partial charge is 0.224 e. The second-order valence-electron chi connectivity index (χ2n) is 4.15. The van der Waals surface area contributed by atoms with Crippen molar-refractivity contribution in [1.82, 2.24) is 5.32 Å². The molecule has 1 amide bonds. The number of ether oxygens (including phenoxy) is 1. The summed E-state index contributed by atoms with van der Waals surface area (Å²) in [7, 11) is 1.42. The number of amides is 1. The lowest BCUT2D eigenvalue weighted by Crippen LogP contribution is -2.34. The normalized spacial score (nSPS) is 12.0. The van der Waals surface area contributed by atoms with E-state index in [1.165, 1.54) is 13.2 Å². The van der Waals surface area contributed by atoms with Gasteiger partial charge in [-0.3, -0.25) is 4.79 Å². The average molecular weight is 254 g/mol. The summed E-state index contributed by atoms with van der Waals surface area (Å²) in [6.07, 6.45) is 0.573. The molecule has 0 aliphatic rings. The third kappa shape index (κ3) is 4.00. The Morgan fingerprint density at radius 2 is 2.28 bits per heavy atom. The van der Waals surface area contributed by atoms with Crippen molar-refractivity contribution >= 4 is 5.91 Å². The van der Waals surface area contributed by atoms with Gasteiger partial charge in [-0.2, -0.15) is 0 Å². The minimum atomic E-state index is -0.392. The zero-order chi connectivity index (χ0) is 13.5. The fourth-order valence-corrected chi connectivity index (χ4v) is 1.48. The first-order valence-electron chi connectivity index (χ1n) is 5.88. The number of methoxy groups -OCH3 is 1. The summed E-state index contributed by atoms with van der Waals surface area (Å²) >= 11 is 0. The molecule has 0 radical (unpaired) electrons. The van der Waals surface area contributed by atoms with Crippen LogP contribution in [0.5, 0.6) is 5.75 Å². The van der Waals surface area contributed by atoms with Gasteiger partial charge in [0.15, 0.2) is 11.6 Å². The van der Waals surface area contributed by atoms with E-state index in [-0.39, 0.29) is 17.6 Å². The van der Waals surface area contributed by atoms with Crippen LogP contribution in [-0.2, 0) is 11.2 Å². The third-order valence-electron chi connectivity index (χ3n) is 2.73. The molecule has 0 aliphatic carbocycles. The van der Waals surface area contributed by atoms with Crippen LogP contribution in [0.1, 0.15) is 12.5 Å². The molecule has 18 heavy (non-hydrogen) atoms. The van der Waals surface area contributed by atoms with Crippen LogP contribution in [0.2, 0.25) is 0 Å². The fourth-order valence-electron chi connectivity index (χ4n) is 1.48. The molecule has 5 heteroatoms. The highest BCUT2D eigenvalue weighted by atomic mass is 19.1. The average Bonchev–Trinajstić information content (AvgIpc) is 2.37. The van der Waals surface area contributed by atoms with Crippen molar-refractivity contribution in [1.29, 1.82) is 0 Å². The van der Waals surface area contributed by atoms with Crippen molar-refractivity contribution in [2.75, 3.05) is 20.2 Å². The largest absolute Gasteiger partial charge is 0.494 e. The fraction of sp³-hybridized carbons (Fsp3) is 0.462. The van der Waals surface area contributed by atoms with Gasteiger partial charge in [0.2, 0.25) is 5.91 Å². The lowest BCUT2D eigenvalue weighted by atomic mass is 10.1. The standard InChI is InChI=1S/C13H19FN2O2/c1-9(8-15)13(17)16-6-5-10-3-4-12(18-2)11(14)7-10/h3-4,7,9H,5-6,8,15H2,1-2H3,(H,16,17). The highest BCUT2D eigenvalue weighted by molar-refractivity contribution is 5.78. The first-order valence-corrected chi connectivity index (χ1v) is 5.88. The van der Waals surface area contributed by atoms with Crippen LogP contribution in [0.15, 0.2) is 18.2 Å². The van der Waals surface area contributed by atoms with Gasteiger partial charge >= 0.3 is 0 Å². The molecule has 1 rings (SSSR count). The van der Waals surface area contributed by atoms with Crippen molar-refractivity contribution in [3.8, 4) is 5.75 Å². The van der Waals surface area contributed by atoms with Crippen LogP contribution >= 0.6 is 0 Å². The van der Waals surface area contributed by atoms with Crippen molar-refractivity contribution < 1.29 is 13.9 Å². The van der Waals surface area contributed by atoms with E-state index in [2.05, 4.69) is 5.32 Å². The molecule has 0 aromatic heterocycles. The molecule has 1 aromatic rings. The van der Waals surface area contributed by atoms with Crippen LogP contribution in [-0.4, -0.2) is 26.1 Å². The zero-order valence-electron chi connectivity index (χ0n) is 10.7. The minimum Gasteiger partial charge on any atom is -0.494 e. The van der Waals surface area contributed by atoms with E-state index in [0.29, 0.717) is 19.5 Å². The van der Waals surface area contributed by atoms with Crippen molar-refractivity contribution in [3.05, 3.63) is 29.6 Å². The SMILES string of the molecule is COc1ccc(CCNC(=O)C(C)CN)cc1F. The van der Waals surface area contributed by atoms with Crippen molar-refractivity contribution in [3.63, 3.8) is 0 Å². The predicted octanol–water partition coefficient (Wildman–Crippen LogP) is 1.09. The van der Waals surface area contributed by atoms with Gasteiger partial charge in [-0.15, -0.1) is 0 Å². The van der Waals surface area contributed by atoms with Gasteiger partial charge in [-0.1, -0.05) is 13.0 Å². The Hall–Kier alpha value is -1.62. The molecule has 3 N–H and O–H groups in total. The topological polar surface area (TPSA) is 64.3 Å². The van der Waals surface area contributed by atoms with Crippen LogP contribution in [0.3, 0.4) is 0 Å². The number of carbonyl (C=O) groups is 1. The van der Waals surface area contributed by atoms with Gasteiger partial charge in [-0.05, 0) is 24.1 Å². The Kier molecular flexibility index (Phi) is 5.58. The second kappa shape index (κ2) is 6.96. The maximum atomic E-state index is 13.4. The van der Waals surface area contributed by atoms with Gasteiger partial charge < -0.3 is 15.8 Å². The van der Waals surface area contributed by atoms with E-state index in [1.807, 2.05) is 0 Å². The minimum absolute atomic E-state index is 0.0773. The predicted molar refractivity (Wildman–Crippen MR) is 67.9 cm³/mol. The van der Waals surface area contributed by atoms with E-state index < -0.39 is 5.82 Å². The molecule has 0 heterocycles. The summed E-state index contributed by atoms with van der Waals surface area (Å²) in [5, 5.41) is 2.76. The molecule has 0 aliphatic heterocycles. The highest BCUT2D eigenvalue weighted by Gasteiger charge is 2.09. The van der Waals surface area contributed by atoms with Crippen LogP contribution in [0.25, 0.3) is 0 Å². The van der Waals surface area contributed by atoms with E-state index in [1.54, 1.807) is 19.1 Å². The number of rotatable bonds is 6. The number of hydrogen-bond acceptors (Lipinski definition) is 3. The monoisotopic (exact) mass is 254 g/mol. The first kappa shape index (κ1) is 14.4. The zero-order valence-corrected chi connectivity index (χ0v) is 10.7. The molecule has 0 bridgehead atoms. The van der Waals surface area contributed by atoms with Crippen LogP contribution < -0.4 is 15.8 Å². The van der Waals surface area contributed by atoms with Crippen molar-refractivity contribution in [2.24, 2.45) is 11.7 Å². The molecule has 0 spiro atoms. The molecule has 1 atom stereocenters. The van der Waals surface area contributed by atoms with E-state index in [9.17, 15) is 9.18 Å². The Balaban J connectivity index is 2.45. The maximum Gasteiger partial charge on any atom is 0.224 e. The Labute approximate surface area is 106 Å². The molecule has 0 fully saturated rings. The van der Waals surface area contributed by atoms with Gasteiger partial charge in [0.05, 0.1) is 7.11 Å². The summed E-state index contributed by atoms with van der Waals surface area (Å²) in [4.78, 5) is 11.4. The summed E-state index contributed by atoms with van der Waals surface area (Å²) in [5.41, 5.74) is 6.20. The number of nitrogens with two attached hydrogens (primary N) is 1. The van der Waals surface area contributed by atoms with E-state index in [0.717, 1.165) is 5.56 Å². The van der Waals surface area contributed by atoms with E-state index >= 15 is 0 Å². The highest BCUT2D eigenvalue weighted by Crippen LogP contribution is 2.17. The number of hydrogen-bond donors (Lipinski definition) is 2. The maximum absolute atomic E-state index is 13.4. The van der Waals surface area contributed by atoms with Crippen LogP contribution in [0, 0.1) is 11.7 Å². The summed E-state index contributed by atoms with van der Waals surface area (Å²) in [6, 6.07) is 4.77. The van der Waals surface area contributed by atoms with Crippen LogP contribution in [0.4, 0.5) is 4.39 Å². The number of carbonyl (C=O) groups excluding carboxylic acids is 1. The number of benzene rings is 1. The van der Waals surface area contributed by atoms with Gasteiger partial charge in [-0.25, -0.2) is 4.39 Å². The van der Waals surface area contributed by atoms with E-state index in [4.69, 9.17) is 10.5 Å². The quantitative estimate of drug-likeness (QED) is 0.798. The lowest BCUT2D eigenvalue weighted by molar-refractivity contribution is -0.124.